The molecule has 0 spiro atoms. The van der Waals surface area contributed by atoms with Crippen molar-refractivity contribution in [2.45, 2.75) is 58.2 Å². The summed E-state index contributed by atoms with van der Waals surface area (Å²) in [7, 11) is 1.99. The van der Waals surface area contributed by atoms with Gasteiger partial charge in [-0.25, -0.2) is 0 Å². The molecule has 4 heteroatoms. The lowest BCUT2D eigenvalue weighted by Gasteiger charge is -2.42. The fourth-order valence-corrected chi connectivity index (χ4v) is 2.65. The number of hydrogen-bond acceptors (Lipinski definition) is 3. The molecule has 0 bridgehead atoms. The van der Waals surface area contributed by atoms with Crippen LogP contribution in [-0.2, 0) is 4.79 Å². The molecule has 0 saturated carbocycles. The van der Waals surface area contributed by atoms with Crippen LogP contribution in [0.4, 0.5) is 0 Å². The van der Waals surface area contributed by atoms with Crippen LogP contribution in [-0.4, -0.2) is 53.5 Å². The number of likely N-dealkylation sites (N-methyl/N-ethyl adjacent to an activating group) is 1. The molecule has 4 nitrogen and oxygen atoms in total. The lowest BCUT2D eigenvalue weighted by atomic mass is 9.95. The standard InChI is InChI=1S/C13H27N3O/c1-6-10(2)16-12(17)11(9-14)15(5)8-7-13(16,3)4/h10-11H,6-9,14H2,1-5H3. The smallest absolute Gasteiger partial charge is 0.241 e. The molecule has 0 aromatic heterocycles. The van der Waals surface area contributed by atoms with E-state index in [1.807, 2.05) is 11.9 Å². The molecule has 2 unspecified atom stereocenters. The number of nitrogens with two attached hydrogens (primary N) is 1. The summed E-state index contributed by atoms with van der Waals surface area (Å²) in [6.45, 7) is 9.89. The van der Waals surface area contributed by atoms with Gasteiger partial charge in [-0.1, -0.05) is 6.92 Å². The second-order valence-corrected chi connectivity index (χ2v) is 5.76. The summed E-state index contributed by atoms with van der Waals surface area (Å²) in [5.74, 6) is 0.187. The molecular weight excluding hydrogens is 214 g/mol. The van der Waals surface area contributed by atoms with Crippen LogP contribution < -0.4 is 5.73 Å². The molecule has 1 rings (SSSR count). The molecule has 1 fully saturated rings. The van der Waals surface area contributed by atoms with Crippen molar-refractivity contribution in [3.05, 3.63) is 0 Å². The third kappa shape index (κ3) is 2.80. The minimum absolute atomic E-state index is 0.0787. The quantitative estimate of drug-likeness (QED) is 0.803. The highest BCUT2D eigenvalue weighted by Crippen LogP contribution is 2.28. The number of carbonyl (C=O) groups is 1. The van der Waals surface area contributed by atoms with E-state index in [0.29, 0.717) is 6.54 Å². The molecule has 2 N–H and O–H groups in total. The Bertz CT molecular complexity index is 278. The molecule has 0 aromatic carbocycles. The maximum Gasteiger partial charge on any atom is 0.241 e. The third-order valence-corrected chi connectivity index (χ3v) is 4.04. The van der Waals surface area contributed by atoms with Gasteiger partial charge in [0.05, 0.1) is 0 Å². The van der Waals surface area contributed by atoms with E-state index in [4.69, 9.17) is 5.73 Å². The van der Waals surface area contributed by atoms with Crippen LogP contribution in [0.3, 0.4) is 0 Å². The maximum atomic E-state index is 12.6. The molecule has 0 radical (unpaired) electrons. The molecule has 1 heterocycles. The van der Waals surface area contributed by atoms with Crippen molar-refractivity contribution >= 4 is 5.91 Å². The molecule has 1 aliphatic rings. The fourth-order valence-electron chi connectivity index (χ4n) is 2.65. The Morgan fingerprint density at radius 1 is 1.53 bits per heavy atom. The highest BCUT2D eigenvalue weighted by atomic mass is 16.2. The van der Waals surface area contributed by atoms with Crippen LogP contribution in [0.15, 0.2) is 0 Å². The van der Waals surface area contributed by atoms with Gasteiger partial charge in [-0.3, -0.25) is 9.69 Å². The van der Waals surface area contributed by atoms with Crippen molar-refractivity contribution in [1.82, 2.24) is 9.80 Å². The van der Waals surface area contributed by atoms with Crippen LogP contribution in [0, 0.1) is 0 Å². The molecule has 17 heavy (non-hydrogen) atoms. The summed E-state index contributed by atoms with van der Waals surface area (Å²) in [6, 6.07) is 0.115. The van der Waals surface area contributed by atoms with Gasteiger partial charge in [0.15, 0.2) is 0 Å². The van der Waals surface area contributed by atoms with Gasteiger partial charge < -0.3 is 10.6 Å². The number of rotatable bonds is 3. The van der Waals surface area contributed by atoms with E-state index in [9.17, 15) is 4.79 Å². The fraction of sp³-hybridized carbons (Fsp3) is 0.923. The summed E-state index contributed by atoms with van der Waals surface area (Å²) in [4.78, 5) is 16.7. The number of nitrogens with zero attached hydrogens (tertiary/aromatic N) is 2. The average Bonchev–Trinajstić information content (AvgIpc) is 2.34. The Kier molecular flexibility index (Phi) is 4.55. The van der Waals surface area contributed by atoms with E-state index in [0.717, 1.165) is 19.4 Å². The predicted octanol–water partition coefficient (Wildman–Crippen LogP) is 1.05. The summed E-state index contributed by atoms with van der Waals surface area (Å²) in [5, 5.41) is 0. The molecule has 1 saturated heterocycles. The average molecular weight is 241 g/mol. The zero-order valence-electron chi connectivity index (χ0n) is 11.9. The molecule has 1 amide bonds. The van der Waals surface area contributed by atoms with Crippen LogP contribution >= 0.6 is 0 Å². The number of hydrogen-bond donors (Lipinski definition) is 1. The van der Waals surface area contributed by atoms with Crippen molar-refractivity contribution in [2.24, 2.45) is 5.73 Å². The van der Waals surface area contributed by atoms with E-state index >= 15 is 0 Å². The van der Waals surface area contributed by atoms with Gasteiger partial charge >= 0.3 is 0 Å². The van der Waals surface area contributed by atoms with E-state index in [-0.39, 0.29) is 23.5 Å². The lowest BCUT2D eigenvalue weighted by Crippen LogP contribution is -2.56. The van der Waals surface area contributed by atoms with E-state index in [1.54, 1.807) is 0 Å². The Labute approximate surface area is 105 Å². The second kappa shape index (κ2) is 5.36. The Balaban J connectivity index is 3.06. The normalized spacial score (nSPS) is 28.0. The molecule has 1 aliphatic heterocycles. The molecule has 0 aromatic rings. The Hall–Kier alpha value is -0.610. The highest BCUT2D eigenvalue weighted by molar-refractivity contribution is 5.83. The first-order chi connectivity index (χ1) is 7.85. The number of amides is 1. The summed E-state index contributed by atoms with van der Waals surface area (Å²) >= 11 is 0. The van der Waals surface area contributed by atoms with Gasteiger partial charge in [0.2, 0.25) is 5.91 Å². The van der Waals surface area contributed by atoms with Crippen LogP contribution in [0.5, 0.6) is 0 Å². The topological polar surface area (TPSA) is 49.6 Å². The van der Waals surface area contributed by atoms with Gasteiger partial charge in [-0.2, -0.15) is 0 Å². The molecule has 100 valence electrons. The zero-order chi connectivity index (χ0) is 13.2. The third-order valence-electron chi connectivity index (χ3n) is 4.04. The first-order valence-electron chi connectivity index (χ1n) is 6.58. The molecule has 2 atom stereocenters. The Morgan fingerprint density at radius 3 is 2.59 bits per heavy atom. The van der Waals surface area contributed by atoms with E-state index in [1.165, 1.54) is 0 Å². The van der Waals surface area contributed by atoms with E-state index < -0.39 is 0 Å². The first-order valence-corrected chi connectivity index (χ1v) is 6.58. The van der Waals surface area contributed by atoms with Crippen LogP contribution in [0.1, 0.15) is 40.5 Å². The van der Waals surface area contributed by atoms with Gasteiger partial charge in [0.25, 0.3) is 0 Å². The van der Waals surface area contributed by atoms with Gasteiger partial charge in [0, 0.05) is 24.7 Å². The van der Waals surface area contributed by atoms with Crippen LogP contribution in [0.25, 0.3) is 0 Å². The highest BCUT2D eigenvalue weighted by Gasteiger charge is 2.41. The minimum Gasteiger partial charge on any atom is -0.333 e. The van der Waals surface area contributed by atoms with Gasteiger partial charge in [-0.15, -0.1) is 0 Å². The summed E-state index contributed by atoms with van der Waals surface area (Å²) < 4.78 is 0. The second-order valence-electron chi connectivity index (χ2n) is 5.76. The largest absolute Gasteiger partial charge is 0.333 e. The Morgan fingerprint density at radius 2 is 2.12 bits per heavy atom. The maximum absolute atomic E-state index is 12.6. The zero-order valence-corrected chi connectivity index (χ0v) is 11.9. The van der Waals surface area contributed by atoms with Crippen molar-refractivity contribution in [3.8, 4) is 0 Å². The SMILES string of the molecule is CCC(C)N1C(=O)C(CN)N(C)CCC1(C)C. The lowest BCUT2D eigenvalue weighted by molar-refractivity contribution is -0.142. The van der Waals surface area contributed by atoms with Crippen molar-refractivity contribution in [1.29, 1.82) is 0 Å². The number of carbonyl (C=O) groups excluding carboxylic acids is 1. The summed E-state index contributed by atoms with van der Waals surface area (Å²) in [5.41, 5.74) is 5.68. The van der Waals surface area contributed by atoms with Crippen LogP contribution in [0.2, 0.25) is 0 Å². The van der Waals surface area contributed by atoms with Gasteiger partial charge in [-0.05, 0) is 40.7 Å². The van der Waals surface area contributed by atoms with Crippen molar-refractivity contribution in [3.63, 3.8) is 0 Å². The first kappa shape index (κ1) is 14.5. The van der Waals surface area contributed by atoms with Crippen molar-refractivity contribution in [2.75, 3.05) is 20.1 Å². The van der Waals surface area contributed by atoms with Crippen molar-refractivity contribution < 1.29 is 4.79 Å². The minimum atomic E-state index is -0.161. The van der Waals surface area contributed by atoms with E-state index in [2.05, 4.69) is 32.6 Å². The predicted molar refractivity (Wildman–Crippen MR) is 70.8 cm³/mol. The monoisotopic (exact) mass is 241 g/mol. The molecular formula is C13H27N3O. The summed E-state index contributed by atoms with van der Waals surface area (Å²) in [6.07, 6.45) is 1.98. The van der Waals surface area contributed by atoms with Gasteiger partial charge in [0.1, 0.15) is 6.04 Å². The molecule has 0 aliphatic carbocycles.